The number of nitrogens with one attached hydrogen (secondary N) is 1. The highest BCUT2D eigenvalue weighted by Crippen LogP contribution is 2.48. The largest absolute Gasteiger partial charge is 0.354 e. The molecule has 5 heteroatoms. The van der Waals surface area contributed by atoms with Gasteiger partial charge < -0.3 is 10.2 Å². The number of carbonyl (C=O) groups excluding carboxylic acids is 1. The average Bonchev–Trinajstić information content (AvgIpc) is 3.35. The first-order chi connectivity index (χ1) is 11.1. The average molecular weight is 310 g/mol. The minimum atomic E-state index is 0.0120. The molecular weight excluding hydrogens is 288 g/mol. The Labute approximate surface area is 136 Å². The lowest BCUT2D eigenvalue weighted by Crippen LogP contribution is -2.39. The van der Waals surface area contributed by atoms with Crippen LogP contribution in [0, 0.1) is 6.92 Å². The van der Waals surface area contributed by atoms with Crippen LogP contribution in [-0.2, 0) is 10.2 Å². The van der Waals surface area contributed by atoms with Gasteiger partial charge in [-0.2, -0.15) is 0 Å². The molecule has 1 aliphatic carbocycles. The molecule has 0 unspecified atom stereocenters. The van der Waals surface area contributed by atoms with E-state index in [1.807, 2.05) is 7.05 Å². The summed E-state index contributed by atoms with van der Waals surface area (Å²) in [6.45, 7) is 3.12. The third-order valence-electron chi connectivity index (χ3n) is 4.52. The van der Waals surface area contributed by atoms with Gasteiger partial charge in [0.1, 0.15) is 5.82 Å². The van der Waals surface area contributed by atoms with E-state index in [1.165, 1.54) is 11.1 Å². The van der Waals surface area contributed by atoms with Gasteiger partial charge in [0.2, 0.25) is 5.91 Å². The maximum Gasteiger partial charge on any atom is 0.239 e. The van der Waals surface area contributed by atoms with E-state index in [9.17, 15) is 4.79 Å². The minimum Gasteiger partial charge on any atom is -0.354 e. The topological polar surface area (TPSA) is 58.1 Å². The molecule has 1 amide bonds. The molecule has 0 saturated heterocycles. The molecule has 1 aromatic carbocycles. The number of hydrogen-bond acceptors (Lipinski definition) is 4. The molecule has 2 aromatic rings. The normalized spacial score (nSPS) is 15.0. The predicted octanol–water partition coefficient (Wildman–Crippen LogP) is 2.07. The molecule has 1 N–H and O–H groups in total. The fourth-order valence-corrected chi connectivity index (χ4v) is 2.97. The van der Waals surface area contributed by atoms with Crippen molar-refractivity contribution >= 4 is 11.7 Å². The Bertz CT molecular complexity index is 682. The van der Waals surface area contributed by atoms with E-state index >= 15 is 0 Å². The van der Waals surface area contributed by atoms with Crippen LogP contribution >= 0.6 is 0 Å². The SMILES string of the molecule is Cc1ccccc1C1(CNC(=O)CN(C)c2cnccn2)CC1. The van der Waals surface area contributed by atoms with E-state index in [1.54, 1.807) is 23.5 Å². The van der Waals surface area contributed by atoms with E-state index in [4.69, 9.17) is 0 Å². The van der Waals surface area contributed by atoms with Crippen molar-refractivity contribution in [2.24, 2.45) is 0 Å². The maximum atomic E-state index is 12.2. The Kier molecular flexibility index (Phi) is 4.28. The van der Waals surface area contributed by atoms with E-state index in [-0.39, 0.29) is 17.9 Å². The summed E-state index contributed by atoms with van der Waals surface area (Å²) in [5.74, 6) is 0.709. The standard InChI is InChI=1S/C18H22N4O/c1-14-5-3-4-6-15(14)18(7-8-18)13-21-17(23)12-22(2)16-11-19-9-10-20-16/h3-6,9-11H,7-8,12-13H2,1-2H3,(H,21,23). The predicted molar refractivity (Wildman–Crippen MR) is 90.4 cm³/mol. The number of aromatic nitrogens is 2. The summed E-state index contributed by atoms with van der Waals surface area (Å²) in [4.78, 5) is 22.2. The first-order valence-corrected chi connectivity index (χ1v) is 7.91. The van der Waals surface area contributed by atoms with Crippen LogP contribution < -0.4 is 10.2 Å². The number of likely N-dealkylation sites (N-methyl/N-ethyl adjacent to an activating group) is 1. The molecule has 0 atom stereocenters. The van der Waals surface area contributed by atoms with Crippen LogP contribution in [0.2, 0.25) is 0 Å². The van der Waals surface area contributed by atoms with Crippen molar-refractivity contribution in [1.29, 1.82) is 0 Å². The lowest BCUT2D eigenvalue weighted by atomic mass is 9.92. The van der Waals surface area contributed by atoms with Crippen molar-refractivity contribution in [2.45, 2.75) is 25.2 Å². The van der Waals surface area contributed by atoms with E-state index in [0.717, 1.165) is 12.8 Å². The van der Waals surface area contributed by atoms with Crippen LogP contribution in [0.3, 0.4) is 0 Å². The Morgan fingerprint density at radius 2 is 2.09 bits per heavy atom. The Balaban J connectivity index is 1.56. The second-order valence-electron chi connectivity index (χ2n) is 6.29. The number of rotatable bonds is 6. The number of benzene rings is 1. The zero-order valence-corrected chi connectivity index (χ0v) is 13.6. The number of anilines is 1. The third kappa shape index (κ3) is 3.50. The van der Waals surface area contributed by atoms with Gasteiger partial charge in [-0.1, -0.05) is 24.3 Å². The van der Waals surface area contributed by atoms with E-state index in [0.29, 0.717) is 12.4 Å². The number of nitrogens with zero attached hydrogens (tertiary/aromatic N) is 3. The van der Waals surface area contributed by atoms with Crippen molar-refractivity contribution in [3.8, 4) is 0 Å². The summed E-state index contributed by atoms with van der Waals surface area (Å²) < 4.78 is 0. The number of aryl methyl sites for hydroxylation is 1. The molecule has 3 rings (SSSR count). The molecule has 1 fully saturated rings. The van der Waals surface area contributed by atoms with Gasteiger partial charge >= 0.3 is 0 Å². The lowest BCUT2D eigenvalue weighted by Gasteiger charge is -2.21. The Morgan fingerprint density at radius 1 is 1.30 bits per heavy atom. The molecular formula is C18H22N4O. The van der Waals surface area contributed by atoms with Gasteiger partial charge in [0.15, 0.2) is 0 Å². The summed E-state index contributed by atoms with van der Waals surface area (Å²) in [7, 11) is 1.85. The quantitative estimate of drug-likeness (QED) is 0.887. The fraction of sp³-hybridized carbons (Fsp3) is 0.389. The first kappa shape index (κ1) is 15.5. The van der Waals surface area contributed by atoms with Gasteiger partial charge in [-0.25, -0.2) is 4.98 Å². The number of carbonyl (C=O) groups is 1. The van der Waals surface area contributed by atoms with Crippen LogP contribution in [0.25, 0.3) is 0 Å². The van der Waals surface area contributed by atoms with Crippen LogP contribution in [0.1, 0.15) is 24.0 Å². The summed E-state index contributed by atoms with van der Waals surface area (Å²) in [6, 6.07) is 8.45. The van der Waals surface area contributed by atoms with Gasteiger partial charge in [0.25, 0.3) is 0 Å². The molecule has 120 valence electrons. The van der Waals surface area contributed by atoms with Gasteiger partial charge in [-0.3, -0.25) is 9.78 Å². The second kappa shape index (κ2) is 6.36. The molecule has 5 nitrogen and oxygen atoms in total. The highest BCUT2D eigenvalue weighted by molar-refractivity contribution is 5.81. The third-order valence-corrected chi connectivity index (χ3v) is 4.52. The summed E-state index contributed by atoms with van der Waals surface area (Å²) in [5.41, 5.74) is 2.80. The van der Waals surface area contributed by atoms with E-state index < -0.39 is 0 Å². The molecule has 1 aromatic heterocycles. The van der Waals surface area contributed by atoms with Crippen molar-refractivity contribution in [2.75, 3.05) is 25.0 Å². The highest BCUT2D eigenvalue weighted by atomic mass is 16.2. The summed E-state index contributed by atoms with van der Waals surface area (Å²) in [5, 5.41) is 3.08. The molecule has 0 aliphatic heterocycles. The highest BCUT2D eigenvalue weighted by Gasteiger charge is 2.45. The summed E-state index contributed by atoms with van der Waals surface area (Å²) >= 11 is 0. The van der Waals surface area contributed by atoms with Crippen molar-refractivity contribution in [1.82, 2.24) is 15.3 Å². The molecule has 0 spiro atoms. The van der Waals surface area contributed by atoms with Gasteiger partial charge in [-0.15, -0.1) is 0 Å². The van der Waals surface area contributed by atoms with Crippen LogP contribution in [0.4, 0.5) is 5.82 Å². The summed E-state index contributed by atoms with van der Waals surface area (Å²) in [6.07, 6.45) is 7.18. The van der Waals surface area contributed by atoms with E-state index in [2.05, 4.69) is 46.5 Å². The van der Waals surface area contributed by atoms with Gasteiger partial charge in [0, 0.05) is 31.4 Å². The van der Waals surface area contributed by atoms with Gasteiger partial charge in [0.05, 0.1) is 12.7 Å². The Hall–Kier alpha value is -2.43. The van der Waals surface area contributed by atoms with Crippen molar-refractivity contribution in [3.63, 3.8) is 0 Å². The zero-order chi connectivity index (χ0) is 16.3. The first-order valence-electron chi connectivity index (χ1n) is 7.91. The number of hydrogen-bond donors (Lipinski definition) is 1. The molecule has 1 saturated carbocycles. The maximum absolute atomic E-state index is 12.2. The second-order valence-corrected chi connectivity index (χ2v) is 6.29. The fourth-order valence-electron chi connectivity index (χ4n) is 2.97. The number of amides is 1. The monoisotopic (exact) mass is 310 g/mol. The van der Waals surface area contributed by atoms with Crippen molar-refractivity contribution < 1.29 is 4.79 Å². The molecule has 0 bridgehead atoms. The minimum absolute atomic E-state index is 0.0120. The van der Waals surface area contributed by atoms with Crippen LogP contribution in [0.5, 0.6) is 0 Å². The molecule has 23 heavy (non-hydrogen) atoms. The van der Waals surface area contributed by atoms with Gasteiger partial charge in [-0.05, 0) is 30.9 Å². The smallest absolute Gasteiger partial charge is 0.239 e. The van der Waals surface area contributed by atoms with Crippen LogP contribution in [-0.4, -0.2) is 36.0 Å². The van der Waals surface area contributed by atoms with Crippen molar-refractivity contribution in [3.05, 3.63) is 54.0 Å². The molecule has 1 aliphatic rings. The Morgan fingerprint density at radius 3 is 2.74 bits per heavy atom. The molecule has 0 radical (unpaired) electrons. The lowest BCUT2D eigenvalue weighted by molar-refractivity contribution is -0.119. The molecule has 1 heterocycles. The zero-order valence-electron chi connectivity index (χ0n) is 13.6. The van der Waals surface area contributed by atoms with Crippen LogP contribution in [0.15, 0.2) is 42.9 Å².